The van der Waals surface area contributed by atoms with Crippen molar-refractivity contribution in [3.05, 3.63) is 35.9 Å². The topological polar surface area (TPSA) is 86.7 Å². The first-order valence-electron chi connectivity index (χ1n) is 9.39. The molecule has 2 fully saturated rings. The molecule has 0 unspecified atom stereocenters. The normalized spacial score (nSPS) is 23.2. The van der Waals surface area contributed by atoms with E-state index in [-0.39, 0.29) is 43.2 Å². The van der Waals surface area contributed by atoms with Crippen molar-refractivity contribution in [1.82, 2.24) is 10.2 Å². The molecule has 1 saturated carbocycles. The van der Waals surface area contributed by atoms with Gasteiger partial charge >= 0.3 is 5.97 Å². The van der Waals surface area contributed by atoms with Gasteiger partial charge < -0.3 is 15.3 Å². The second-order valence-electron chi connectivity index (χ2n) is 7.31. The fourth-order valence-corrected chi connectivity index (χ4v) is 4.04. The molecule has 26 heavy (non-hydrogen) atoms. The van der Waals surface area contributed by atoms with Crippen LogP contribution in [0.5, 0.6) is 0 Å². The Hall–Kier alpha value is -2.37. The lowest BCUT2D eigenvalue weighted by Crippen LogP contribution is -2.34. The Labute approximate surface area is 153 Å². The summed E-state index contributed by atoms with van der Waals surface area (Å²) >= 11 is 0. The third-order valence-corrected chi connectivity index (χ3v) is 5.50. The number of likely N-dealkylation sites (tertiary alicyclic amines) is 1. The van der Waals surface area contributed by atoms with E-state index >= 15 is 0 Å². The molecular weight excluding hydrogens is 332 g/mol. The van der Waals surface area contributed by atoms with E-state index in [0.29, 0.717) is 6.54 Å². The molecule has 1 aromatic carbocycles. The standard InChI is InChI=1S/C20H26N2O4/c23-18(21-15-8-4-5-9-15)10-11-19(24)22-12-16(17(13-22)20(25)26)14-6-2-1-3-7-14/h1-3,6-7,15-17H,4-5,8-13H2,(H,21,23)(H,25,26)/t16-,17+/m0/s1. The highest BCUT2D eigenvalue weighted by Crippen LogP contribution is 2.33. The Kier molecular flexibility index (Phi) is 5.91. The maximum Gasteiger partial charge on any atom is 0.308 e. The molecule has 6 heteroatoms. The minimum atomic E-state index is -0.881. The SMILES string of the molecule is O=C(CCC(=O)N1C[C@@H](C(=O)O)[C@H](c2ccccc2)C1)NC1CCCC1. The lowest BCUT2D eigenvalue weighted by Gasteiger charge is -2.17. The molecule has 1 heterocycles. The van der Waals surface area contributed by atoms with Crippen molar-refractivity contribution in [2.45, 2.75) is 50.5 Å². The van der Waals surface area contributed by atoms with Crippen LogP contribution in [0.2, 0.25) is 0 Å². The van der Waals surface area contributed by atoms with E-state index in [1.165, 1.54) is 0 Å². The summed E-state index contributed by atoms with van der Waals surface area (Å²) in [6.45, 7) is 0.599. The Morgan fingerprint density at radius 3 is 2.38 bits per heavy atom. The summed E-state index contributed by atoms with van der Waals surface area (Å²) in [4.78, 5) is 37.7. The van der Waals surface area contributed by atoms with Crippen LogP contribution in [0, 0.1) is 5.92 Å². The van der Waals surface area contributed by atoms with Gasteiger partial charge in [-0.1, -0.05) is 43.2 Å². The monoisotopic (exact) mass is 358 g/mol. The van der Waals surface area contributed by atoms with Crippen LogP contribution >= 0.6 is 0 Å². The van der Waals surface area contributed by atoms with Crippen LogP contribution in [0.15, 0.2) is 30.3 Å². The smallest absolute Gasteiger partial charge is 0.308 e. The molecule has 6 nitrogen and oxygen atoms in total. The first kappa shape index (κ1) is 18.4. The first-order valence-corrected chi connectivity index (χ1v) is 9.39. The molecule has 0 spiro atoms. The van der Waals surface area contributed by atoms with Crippen LogP contribution in [-0.4, -0.2) is 46.9 Å². The van der Waals surface area contributed by atoms with Gasteiger partial charge in [-0.3, -0.25) is 14.4 Å². The summed E-state index contributed by atoms with van der Waals surface area (Å²) in [6.07, 6.45) is 4.63. The molecular formula is C20H26N2O4. The molecule has 0 bridgehead atoms. The van der Waals surface area contributed by atoms with Gasteiger partial charge in [0, 0.05) is 37.9 Å². The number of carbonyl (C=O) groups is 3. The number of hydrogen-bond acceptors (Lipinski definition) is 3. The number of aliphatic carboxylic acids is 1. The lowest BCUT2D eigenvalue weighted by molar-refractivity contribution is -0.142. The van der Waals surface area contributed by atoms with Gasteiger partial charge in [-0.2, -0.15) is 0 Å². The summed E-state index contributed by atoms with van der Waals surface area (Å²) in [7, 11) is 0. The maximum absolute atomic E-state index is 12.5. The van der Waals surface area contributed by atoms with Crippen LogP contribution in [0.25, 0.3) is 0 Å². The highest BCUT2D eigenvalue weighted by molar-refractivity contribution is 5.85. The summed E-state index contributed by atoms with van der Waals surface area (Å²) < 4.78 is 0. The summed E-state index contributed by atoms with van der Waals surface area (Å²) in [5.41, 5.74) is 0.939. The van der Waals surface area contributed by atoms with E-state index in [4.69, 9.17) is 0 Å². The maximum atomic E-state index is 12.5. The quantitative estimate of drug-likeness (QED) is 0.816. The second-order valence-corrected chi connectivity index (χ2v) is 7.31. The average molecular weight is 358 g/mol. The van der Waals surface area contributed by atoms with Gasteiger partial charge in [0.2, 0.25) is 11.8 Å². The summed E-state index contributed by atoms with van der Waals surface area (Å²) in [5.74, 6) is -1.91. The largest absolute Gasteiger partial charge is 0.481 e. The van der Waals surface area contributed by atoms with Crippen LogP contribution in [0.4, 0.5) is 0 Å². The fourth-order valence-electron chi connectivity index (χ4n) is 4.04. The third-order valence-electron chi connectivity index (χ3n) is 5.50. The molecule has 2 atom stereocenters. The van der Waals surface area contributed by atoms with Gasteiger partial charge in [0.1, 0.15) is 0 Å². The second kappa shape index (κ2) is 8.34. The molecule has 1 saturated heterocycles. The van der Waals surface area contributed by atoms with Crippen molar-refractivity contribution in [3.63, 3.8) is 0 Å². The highest BCUT2D eigenvalue weighted by atomic mass is 16.4. The van der Waals surface area contributed by atoms with Gasteiger partial charge in [0.25, 0.3) is 0 Å². The number of carboxylic acids is 1. The van der Waals surface area contributed by atoms with E-state index < -0.39 is 11.9 Å². The molecule has 0 aromatic heterocycles. The third kappa shape index (κ3) is 4.42. The van der Waals surface area contributed by atoms with Crippen molar-refractivity contribution in [3.8, 4) is 0 Å². The number of benzene rings is 1. The molecule has 140 valence electrons. The zero-order valence-corrected chi connectivity index (χ0v) is 14.9. The number of carbonyl (C=O) groups excluding carboxylic acids is 2. The van der Waals surface area contributed by atoms with Crippen LogP contribution in [0.1, 0.15) is 50.0 Å². The van der Waals surface area contributed by atoms with Crippen molar-refractivity contribution >= 4 is 17.8 Å². The van der Waals surface area contributed by atoms with Crippen molar-refractivity contribution < 1.29 is 19.5 Å². The van der Waals surface area contributed by atoms with E-state index in [1.54, 1.807) is 4.90 Å². The number of carboxylic acid groups (broad SMARTS) is 1. The van der Waals surface area contributed by atoms with Crippen molar-refractivity contribution in [1.29, 1.82) is 0 Å². The molecule has 0 radical (unpaired) electrons. The molecule has 2 N–H and O–H groups in total. The molecule has 1 aromatic rings. The molecule has 1 aliphatic heterocycles. The van der Waals surface area contributed by atoms with Gasteiger partial charge in [0.15, 0.2) is 0 Å². The predicted octanol–water partition coefficient (Wildman–Crippen LogP) is 2.15. The van der Waals surface area contributed by atoms with Crippen molar-refractivity contribution in [2.75, 3.05) is 13.1 Å². The number of rotatable bonds is 6. The molecule has 1 aliphatic carbocycles. The zero-order valence-electron chi connectivity index (χ0n) is 14.9. The number of nitrogens with zero attached hydrogens (tertiary/aromatic N) is 1. The van der Waals surface area contributed by atoms with E-state index in [1.807, 2.05) is 30.3 Å². The van der Waals surface area contributed by atoms with Gasteiger partial charge in [-0.05, 0) is 18.4 Å². The van der Waals surface area contributed by atoms with Crippen LogP contribution < -0.4 is 5.32 Å². The molecule has 2 aliphatic rings. The Morgan fingerprint density at radius 1 is 1.04 bits per heavy atom. The van der Waals surface area contributed by atoms with Crippen LogP contribution in [0.3, 0.4) is 0 Å². The minimum absolute atomic E-state index is 0.0844. The van der Waals surface area contributed by atoms with E-state index in [9.17, 15) is 19.5 Å². The van der Waals surface area contributed by atoms with Crippen molar-refractivity contribution in [2.24, 2.45) is 5.92 Å². The number of amides is 2. The Morgan fingerprint density at radius 2 is 1.73 bits per heavy atom. The first-order chi connectivity index (χ1) is 12.5. The van der Waals surface area contributed by atoms with Gasteiger partial charge in [-0.15, -0.1) is 0 Å². The molecule has 2 amide bonds. The van der Waals surface area contributed by atoms with Gasteiger partial charge in [0.05, 0.1) is 5.92 Å². The Bertz CT molecular complexity index is 655. The number of hydrogen-bond donors (Lipinski definition) is 2. The molecule has 3 rings (SSSR count). The predicted molar refractivity (Wildman–Crippen MR) is 96.5 cm³/mol. The highest BCUT2D eigenvalue weighted by Gasteiger charge is 2.40. The Balaban J connectivity index is 1.54. The van der Waals surface area contributed by atoms with Crippen LogP contribution in [-0.2, 0) is 14.4 Å². The average Bonchev–Trinajstić information content (AvgIpc) is 3.30. The summed E-state index contributed by atoms with van der Waals surface area (Å²) in [5, 5.41) is 12.5. The lowest BCUT2D eigenvalue weighted by atomic mass is 9.89. The zero-order chi connectivity index (χ0) is 18.5. The van der Waals surface area contributed by atoms with E-state index in [0.717, 1.165) is 31.2 Å². The fraction of sp³-hybridized carbons (Fsp3) is 0.550. The number of nitrogens with one attached hydrogen (secondary N) is 1. The summed E-state index contributed by atoms with van der Waals surface area (Å²) in [6, 6.07) is 9.72. The van der Waals surface area contributed by atoms with Gasteiger partial charge in [-0.25, -0.2) is 0 Å². The van der Waals surface area contributed by atoms with E-state index in [2.05, 4.69) is 5.32 Å². The minimum Gasteiger partial charge on any atom is -0.481 e.